The third-order valence-corrected chi connectivity index (χ3v) is 2.94. The second kappa shape index (κ2) is 6.89. The first-order valence-electron chi connectivity index (χ1n) is 5.32. The topological polar surface area (TPSA) is 44.5 Å². The third kappa shape index (κ3) is 3.77. The lowest BCUT2D eigenvalue weighted by atomic mass is 10.2. The van der Waals surface area contributed by atoms with Gasteiger partial charge in [-0.1, -0.05) is 12.1 Å². The first-order valence-corrected chi connectivity index (χ1v) is 6.11. The molecule has 0 bridgehead atoms. The molecule has 1 aromatic carbocycles. The molecule has 0 amide bonds. The van der Waals surface area contributed by atoms with Crippen molar-refractivity contribution in [2.75, 3.05) is 13.7 Å². The number of hydrogen-bond acceptors (Lipinski definition) is 3. The molecule has 0 radical (unpaired) electrons. The van der Waals surface area contributed by atoms with Crippen molar-refractivity contribution in [1.82, 2.24) is 0 Å². The molecule has 0 aromatic heterocycles. The van der Waals surface area contributed by atoms with E-state index in [1.54, 1.807) is 7.11 Å². The molecule has 1 rings (SSSR count). The van der Waals surface area contributed by atoms with Crippen molar-refractivity contribution in [2.24, 2.45) is 5.73 Å². The van der Waals surface area contributed by atoms with Crippen molar-refractivity contribution in [3.05, 3.63) is 28.2 Å². The molecule has 16 heavy (non-hydrogen) atoms. The van der Waals surface area contributed by atoms with Crippen molar-refractivity contribution in [1.29, 1.82) is 0 Å². The Morgan fingerprint density at radius 3 is 2.81 bits per heavy atom. The summed E-state index contributed by atoms with van der Waals surface area (Å²) >= 11 is 3.47. The highest BCUT2D eigenvalue weighted by atomic mass is 79.9. The number of nitrogens with two attached hydrogens (primary N) is 1. The second-order valence-corrected chi connectivity index (χ2v) is 4.50. The van der Waals surface area contributed by atoms with E-state index in [4.69, 9.17) is 15.2 Å². The molecule has 1 atom stereocenters. The van der Waals surface area contributed by atoms with E-state index in [-0.39, 0.29) is 6.10 Å². The first-order chi connectivity index (χ1) is 7.69. The smallest absolute Gasteiger partial charge is 0.138 e. The van der Waals surface area contributed by atoms with Crippen LogP contribution in [0.4, 0.5) is 0 Å². The zero-order valence-electron chi connectivity index (χ0n) is 9.70. The van der Waals surface area contributed by atoms with Crippen molar-refractivity contribution in [3.8, 4) is 5.75 Å². The van der Waals surface area contributed by atoms with Gasteiger partial charge in [0.25, 0.3) is 0 Å². The van der Waals surface area contributed by atoms with Crippen LogP contribution in [0, 0.1) is 0 Å². The fourth-order valence-electron chi connectivity index (χ4n) is 1.39. The Morgan fingerprint density at radius 1 is 1.44 bits per heavy atom. The fourth-order valence-corrected chi connectivity index (χ4v) is 1.89. The van der Waals surface area contributed by atoms with E-state index in [0.717, 1.165) is 22.2 Å². The van der Waals surface area contributed by atoms with Gasteiger partial charge in [-0.15, -0.1) is 0 Å². The maximum absolute atomic E-state index is 5.86. The number of methoxy groups -OCH3 is 1. The van der Waals surface area contributed by atoms with E-state index in [9.17, 15) is 0 Å². The Hall–Kier alpha value is -0.580. The van der Waals surface area contributed by atoms with E-state index < -0.39 is 0 Å². The number of rotatable bonds is 6. The summed E-state index contributed by atoms with van der Waals surface area (Å²) in [5.41, 5.74) is 6.68. The van der Waals surface area contributed by atoms with Crippen molar-refractivity contribution in [2.45, 2.75) is 26.0 Å². The summed E-state index contributed by atoms with van der Waals surface area (Å²) in [6, 6.07) is 5.89. The van der Waals surface area contributed by atoms with Gasteiger partial charge < -0.3 is 15.2 Å². The van der Waals surface area contributed by atoms with Crippen LogP contribution >= 0.6 is 15.9 Å². The lowest BCUT2D eigenvalue weighted by Crippen LogP contribution is -2.16. The molecule has 0 saturated carbocycles. The molecule has 0 fully saturated rings. The van der Waals surface area contributed by atoms with Crippen LogP contribution in [0.2, 0.25) is 0 Å². The Kier molecular flexibility index (Phi) is 5.80. The lowest BCUT2D eigenvalue weighted by Gasteiger charge is -2.18. The van der Waals surface area contributed by atoms with E-state index >= 15 is 0 Å². The molecule has 1 aromatic rings. The van der Waals surface area contributed by atoms with Crippen molar-refractivity contribution in [3.63, 3.8) is 0 Å². The van der Waals surface area contributed by atoms with Crippen LogP contribution in [-0.2, 0) is 11.3 Å². The van der Waals surface area contributed by atoms with Crippen LogP contribution in [0.1, 0.15) is 18.9 Å². The predicted octanol–water partition coefficient (Wildman–Crippen LogP) is 2.71. The summed E-state index contributed by atoms with van der Waals surface area (Å²) < 4.78 is 11.8. The molecule has 3 nitrogen and oxygen atoms in total. The third-order valence-electron chi connectivity index (χ3n) is 2.32. The zero-order valence-corrected chi connectivity index (χ0v) is 11.3. The summed E-state index contributed by atoms with van der Waals surface area (Å²) in [7, 11) is 1.69. The number of para-hydroxylation sites is 1. The molecule has 0 aliphatic heterocycles. The van der Waals surface area contributed by atoms with Gasteiger partial charge in [0.15, 0.2) is 0 Å². The van der Waals surface area contributed by atoms with Gasteiger partial charge in [-0.05, 0) is 28.9 Å². The van der Waals surface area contributed by atoms with Gasteiger partial charge in [-0.3, -0.25) is 0 Å². The summed E-state index contributed by atoms with van der Waals surface area (Å²) in [5.74, 6) is 0.841. The quantitative estimate of drug-likeness (QED) is 0.875. The molecule has 0 aliphatic carbocycles. The molecule has 0 aliphatic rings. The van der Waals surface area contributed by atoms with Crippen LogP contribution in [0.15, 0.2) is 22.7 Å². The molecule has 0 heterocycles. The van der Waals surface area contributed by atoms with Gasteiger partial charge in [0.2, 0.25) is 0 Å². The standard InChI is InChI=1S/C12H18BrNO2/c1-9(6-7-15-2)16-12-10(8-14)4-3-5-11(12)13/h3-5,9H,6-8,14H2,1-2H3. The highest BCUT2D eigenvalue weighted by molar-refractivity contribution is 9.10. The molecule has 0 saturated heterocycles. The monoisotopic (exact) mass is 287 g/mol. The summed E-state index contributed by atoms with van der Waals surface area (Å²) in [4.78, 5) is 0. The first kappa shape index (κ1) is 13.5. The van der Waals surface area contributed by atoms with Crippen LogP contribution in [0.3, 0.4) is 0 Å². The molecule has 1 unspecified atom stereocenters. The Labute approximate surface area is 105 Å². The molecular formula is C12H18BrNO2. The lowest BCUT2D eigenvalue weighted by molar-refractivity contribution is 0.134. The van der Waals surface area contributed by atoms with Crippen molar-refractivity contribution < 1.29 is 9.47 Å². The second-order valence-electron chi connectivity index (χ2n) is 3.64. The van der Waals surface area contributed by atoms with Gasteiger partial charge >= 0.3 is 0 Å². The minimum atomic E-state index is 0.115. The SMILES string of the molecule is COCCC(C)Oc1c(Br)cccc1CN. The molecule has 4 heteroatoms. The predicted molar refractivity (Wildman–Crippen MR) is 68.6 cm³/mol. The summed E-state index contributed by atoms with van der Waals surface area (Å²) in [6.07, 6.45) is 0.978. The number of hydrogen-bond donors (Lipinski definition) is 1. The Balaban J connectivity index is 2.71. The van der Waals surface area contributed by atoms with Crippen LogP contribution in [0.25, 0.3) is 0 Å². The van der Waals surface area contributed by atoms with Crippen LogP contribution in [0.5, 0.6) is 5.75 Å². The molecule has 90 valence electrons. The van der Waals surface area contributed by atoms with Gasteiger partial charge in [-0.25, -0.2) is 0 Å². The van der Waals surface area contributed by atoms with E-state index in [1.165, 1.54) is 0 Å². The van der Waals surface area contributed by atoms with Gasteiger partial charge in [0.1, 0.15) is 5.75 Å². The maximum Gasteiger partial charge on any atom is 0.138 e. The summed E-state index contributed by atoms with van der Waals surface area (Å²) in [6.45, 7) is 3.20. The minimum Gasteiger partial charge on any atom is -0.489 e. The Morgan fingerprint density at radius 2 is 2.19 bits per heavy atom. The van der Waals surface area contributed by atoms with E-state index in [2.05, 4.69) is 15.9 Å². The van der Waals surface area contributed by atoms with Crippen molar-refractivity contribution >= 4 is 15.9 Å². The largest absolute Gasteiger partial charge is 0.489 e. The van der Waals surface area contributed by atoms with E-state index in [0.29, 0.717) is 13.2 Å². The molecular weight excluding hydrogens is 270 g/mol. The van der Waals surface area contributed by atoms with Crippen LogP contribution < -0.4 is 10.5 Å². The van der Waals surface area contributed by atoms with Crippen LogP contribution in [-0.4, -0.2) is 19.8 Å². The molecule has 0 spiro atoms. The average molecular weight is 288 g/mol. The zero-order chi connectivity index (χ0) is 12.0. The van der Waals surface area contributed by atoms with Gasteiger partial charge in [0.05, 0.1) is 10.6 Å². The normalized spacial score (nSPS) is 12.5. The Bertz CT molecular complexity index is 331. The average Bonchev–Trinajstić information content (AvgIpc) is 2.29. The number of ether oxygens (including phenoxy) is 2. The van der Waals surface area contributed by atoms with E-state index in [1.807, 2.05) is 25.1 Å². The van der Waals surface area contributed by atoms with Gasteiger partial charge in [-0.2, -0.15) is 0 Å². The highest BCUT2D eigenvalue weighted by Gasteiger charge is 2.10. The summed E-state index contributed by atoms with van der Waals surface area (Å²) in [5, 5.41) is 0. The molecule has 2 N–H and O–H groups in total. The minimum absolute atomic E-state index is 0.115. The number of benzene rings is 1. The number of halogens is 1. The highest BCUT2D eigenvalue weighted by Crippen LogP contribution is 2.30. The maximum atomic E-state index is 5.86. The van der Waals surface area contributed by atoms with Gasteiger partial charge in [0, 0.05) is 32.2 Å². The fraction of sp³-hybridized carbons (Fsp3) is 0.500.